The van der Waals surface area contributed by atoms with Gasteiger partial charge in [0.2, 0.25) is 0 Å². The fourth-order valence-corrected chi connectivity index (χ4v) is 2.73. The smallest absolute Gasteiger partial charge is 0.333 e. The zero-order valence-corrected chi connectivity index (χ0v) is 17.5. The van der Waals surface area contributed by atoms with Gasteiger partial charge < -0.3 is 24.4 Å². The second-order valence-electron chi connectivity index (χ2n) is 6.59. The first kappa shape index (κ1) is 22.2. The Balaban J connectivity index is 1.84. The Bertz CT molecular complexity index is 747. The van der Waals surface area contributed by atoms with Crippen LogP contribution >= 0.6 is 15.9 Å². The number of carboxylic acid groups (broad SMARTS) is 1. The standard InChI is InChI=1S/C21H25BrO6/c1-14(2)28-20(21(24)25)11-15-4-3-5-19(10-15)27-13-17(23)12-26-18-8-6-16(22)7-9-18/h3-10,14,17,20,23H,11-13H2,1-2H3,(H,24,25)/t17-,20-/m0/s1. The van der Waals surface area contributed by atoms with Crippen molar-refractivity contribution in [3.05, 3.63) is 58.6 Å². The lowest BCUT2D eigenvalue weighted by molar-refractivity contribution is -0.153. The van der Waals surface area contributed by atoms with E-state index >= 15 is 0 Å². The fraction of sp³-hybridized carbons (Fsp3) is 0.381. The first-order chi connectivity index (χ1) is 13.3. The van der Waals surface area contributed by atoms with E-state index in [4.69, 9.17) is 14.2 Å². The number of hydrogen-bond acceptors (Lipinski definition) is 5. The van der Waals surface area contributed by atoms with Crippen LogP contribution in [0.25, 0.3) is 0 Å². The van der Waals surface area contributed by atoms with Gasteiger partial charge in [-0.2, -0.15) is 0 Å². The average Bonchev–Trinajstić information content (AvgIpc) is 2.65. The van der Waals surface area contributed by atoms with Gasteiger partial charge in [-0.1, -0.05) is 28.1 Å². The van der Waals surface area contributed by atoms with E-state index in [1.165, 1.54) is 0 Å². The quantitative estimate of drug-likeness (QED) is 0.540. The van der Waals surface area contributed by atoms with Crippen LogP contribution in [0.4, 0.5) is 0 Å². The minimum atomic E-state index is -1.000. The summed E-state index contributed by atoms with van der Waals surface area (Å²) in [6.45, 7) is 3.76. The number of aliphatic hydroxyl groups is 1. The number of rotatable bonds is 11. The summed E-state index contributed by atoms with van der Waals surface area (Å²) in [5.74, 6) is 0.212. The maximum absolute atomic E-state index is 11.3. The lowest BCUT2D eigenvalue weighted by Crippen LogP contribution is -2.29. The summed E-state index contributed by atoms with van der Waals surface area (Å²) in [6.07, 6.45) is -1.66. The number of carboxylic acids is 1. The predicted octanol–water partition coefficient (Wildman–Crippen LogP) is 3.69. The molecule has 2 rings (SSSR count). The fourth-order valence-electron chi connectivity index (χ4n) is 2.46. The number of benzene rings is 2. The molecule has 0 radical (unpaired) electrons. The van der Waals surface area contributed by atoms with Crippen molar-refractivity contribution in [2.75, 3.05) is 13.2 Å². The van der Waals surface area contributed by atoms with E-state index in [-0.39, 0.29) is 25.7 Å². The molecule has 0 aliphatic heterocycles. The van der Waals surface area contributed by atoms with Gasteiger partial charge in [0, 0.05) is 10.9 Å². The molecular formula is C21H25BrO6. The molecule has 0 heterocycles. The molecule has 0 bridgehead atoms. The molecule has 2 N–H and O–H groups in total. The molecule has 0 aliphatic rings. The number of hydrogen-bond donors (Lipinski definition) is 2. The van der Waals surface area contributed by atoms with Crippen molar-refractivity contribution < 1.29 is 29.2 Å². The highest BCUT2D eigenvalue weighted by molar-refractivity contribution is 9.10. The third kappa shape index (κ3) is 7.88. The second-order valence-corrected chi connectivity index (χ2v) is 7.51. The van der Waals surface area contributed by atoms with E-state index in [0.717, 1.165) is 10.0 Å². The lowest BCUT2D eigenvalue weighted by Gasteiger charge is -2.17. The van der Waals surface area contributed by atoms with E-state index in [2.05, 4.69) is 15.9 Å². The highest BCUT2D eigenvalue weighted by Gasteiger charge is 2.20. The van der Waals surface area contributed by atoms with Gasteiger partial charge in [0.25, 0.3) is 0 Å². The summed E-state index contributed by atoms with van der Waals surface area (Å²) < 4.78 is 17.5. The van der Waals surface area contributed by atoms with E-state index in [1.54, 1.807) is 44.2 Å². The molecule has 2 aromatic rings. The van der Waals surface area contributed by atoms with E-state index in [9.17, 15) is 15.0 Å². The Morgan fingerprint density at radius 3 is 2.29 bits per heavy atom. The van der Waals surface area contributed by atoms with Crippen molar-refractivity contribution >= 4 is 21.9 Å². The molecule has 0 unspecified atom stereocenters. The van der Waals surface area contributed by atoms with Gasteiger partial charge in [-0.25, -0.2) is 4.79 Å². The Labute approximate surface area is 173 Å². The van der Waals surface area contributed by atoms with Gasteiger partial charge in [0.05, 0.1) is 6.10 Å². The van der Waals surface area contributed by atoms with Gasteiger partial charge in [-0.3, -0.25) is 0 Å². The normalized spacial score (nSPS) is 13.2. The number of carbonyl (C=O) groups is 1. The average molecular weight is 453 g/mol. The monoisotopic (exact) mass is 452 g/mol. The Hall–Kier alpha value is -2.09. The van der Waals surface area contributed by atoms with Crippen LogP contribution in [-0.2, 0) is 16.0 Å². The summed E-state index contributed by atoms with van der Waals surface area (Å²) in [7, 11) is 0. The lowest BCUT2D eigenvalue weighted by atomic mass is 10.1. The summed E-state index contributed by atoms with van der Waals surface area (Å²) in [5.41, 5.74) is 0.783. The maximum atomic E-state index is 11.3. The topological polar surface area (TPSA) is 85.2 Å². The van der Waals surface area contributed by atoms with E-state index < -0.39 is 18.2 Å². The SMILES string of the molecule is CC(C)O[C@@H](Cc1cccc(OC[C@@H](O)COc2ccc(Br)cc2)c1)C(=O)O. The van der Waals surface area contributed by atoms with Gasteiger partial charge in [-0.05, 0) is 55.8 Å². The first-order valence-corrected chi connectivity index (χ1v) is 9.79. The number of halogens is 1. The predicted molar refractivity (Wildman–Crippen MR) is 109 cm³/mol. The van der Waals surface area contributed by atoms with Crippen LogP contribution < -0.4 is 9.47 Å². The zero-order valence-electron chi connectivity index (χ0n) is 15.9. The molecule has 6 nitrogen and oxygen atoms in total. The van der Waals surface area contributed by atoms with Crippen LogP contribution in [0.3, 0.4) is 0 Å². The molecule has 0 fully saturated rings. The van der Waals surface area contributed by atoms with Crippen LogP contribution in [-0.4, -0.2) is 47.7 Å². The van der Waals surface area contributed by atoms with Crippen molar-refractivity contribution in [1.29, 1.82) is 0 Å². The molecule has 0 amide bonds. The third-order valence-corrected chi connectivity index (χ3v) is 4.26. The minimum absolute atomic E-state index is 0.0604. The molecule has 7 heteroatoms. The van der Waals surface area contributed by atoms with Crippen LogP contribution in [0, 0.1) is 0 Å². The van der Waals surface area contributed by atoms with Crippen molar-refractivity contribution in [2.24, 2.45) is 0 Å². The molecule has 0 saturated carbocycles. The maximum Gasteiger partial charge on any atom is 0.333 e. The molecule has 2 aromatic carbocycles. The molecule has 152 valence electrons. The van der Waals surface area contributed by atoms with Crippen molar-refractivity contribution in [3.8, 4) is 11.5 Å². The molecule has 28 heavy (non-hydrogen) atoms. The molecule has 0 spiro atoms. The number of aliphatic carboxylic acids is 1. The largest absolute Gasteiger partial charge is 0.491 e. The summed E-state index contributed by atoms with van der Waals surface area (Å²) >= 11 is 3.35. The Morgan fingerprint density at radius 1 is 1.04 bits per heavy atom. The molecule has 2 atom stereocenters. The van der Waals surface area contributed by atoms with Crippen LogP contribution in [0.2, 0.25) is 0 Å². The Kier molecular flexibility index (Phi) is 8.76. The highest BCUT2D eigenvalue weighted by Crippen LogP contribution is 2.18. The number of aliphatic hydroxyl groups excluding tert-OH is 1. The summed E-state index contributed by atoms with van der Waals surface area (Å²) in [6, 6.07) is 14.4. The van der Waals surface area contributed by atoms with Crippen LogP contribution in [0.1, 0.15) is 19.4 Å². The van der Waals surface area contributed by atoms with Gasteiger partial charge >= 0.3 is 5.97 Å². The van der Waals surface area contributed by atoms with Crippen LogP contribution in [0.15, 0.2) is 53.0 Å². The molecule has 0 saturated heterocycles. The van der Waals surface area contributed by atoms with Gasteiger partial charge in [0.1, 0.15) is 30.8 Å². The Morgan fingerprint density at radius 2 is 1.68 bits per heavy atom. The molecular weight excluding hydrogens is 428 g/mol. The molecule has 0 aromatic heterocycles. The zero-order chi connectivity index (χ0) is 20.5. The second kappa shape index (κ2) is 11.0. The summed E-state index contributed by atoms with van der Waals surface area (Å²) in [4.78, 5) is 11.3. The third-order valence-electron chi connectivity index (χ3n) is 3.73. The van der Waals surface area contributed by atoms with E-state index in [0.29, 0.717) is 11.5 Å². The molecule has 0 aliphatic carbocycles. The minimum Gasteiger partial charge on any atom is -0.491 e. The highest BCUT2D eigenvalue weighted by atomic mass is 79.9. The van der Waals surface area contributed by atoms with Crippen LogP contribution in [0.5, 0.6) is 11.5 Å². The summed E-state index contributed by atoms with van der Waals surface area (Å²) in [5, 5.41) is 19.3. The van der Waals surface area contributed by atoms with Gasteiger partial charge in [-0.15, -0.1) is 0 Å². The van der Waals surface area contributed by atoms with Crippen molar-refractivity contribution in [3.63, 3.8) is 0 Å². The van der Waals surface area contributed by atoms with Crippen molar-refractivity contribution in [2.45, 2.75) is 38.6 Å². The number of ether oxygens (including phenoxy) is 3. The van der Waals surface area contributed by atoms with Crippen molar-refractivity contribution in [1.82, 2.24) is 0 Å². The van der Waals surface area contributed by atoms with E-state index in [1.807, 2.05) is 18.2 Å². The van der Waals surface area contributed by atoms with Gasteiger partial charge in [0.15, 0.2) is 6.10 Å². The first-order valence-electron chi connectivity index (χ1n) is 9.00.